The van der Waals surface area contributed by atoms with E-state index in [1.165, 1.54) is 19.4 Å². The lowest BCUT2D eigenvalue weighted by atomic mass is 9.92. The van der Waals surface area contributed by atoms with Gasteiger partial charge < -0.3 is 28.8 Å². The second-order valence-electron chi connectivity index (χ2n) is 9.59. The summed E-state index contributed by atoms with van der Waals surface area (Å²) < 4.78 is 23.0. The number of methoxy groups -OCH3 is 1. The zero-order valence-corrected chi connectivity index (χ0v) is 19.2. The van der Waals surface area contributed by atoms with Gasteiger partial charge in [0, 0.05) is 12.0 Å². The molecule has 1 atom stereocenters. The van der Waals surface area contributed by atoms with E-state index < -0.39 is 11.0 Å². The van der Waals surface area contributed by atoms with E-state index in [0.717, 1.165) is 0 Å². The first-order valence-electron chi connectivity index (χ1n) is 10.8. The van der Waals surface area contributed by atoms with Crippen molar-refractivity contribution in [3.8, 4) is 34.1 Å². The highest BCUT2D eigenvalue weighted by atomic mass is 16.6. The van der Waals surface area contributed by atoms with Crippen LogP contribution in [0.2, 0.25) is 0 Å². The zero-order valence-electron chi connectivity index (χ0n) is 19.2. The van der Waals surface area contributed by atoms with E-state index in [9.17, 15) is 15.0 Å². The van der Waals surface area contributed by atoms with Crippen LogP contribution in [0, 0.1) is 0 Å². The van der Waals surface area contributed by atoms with Crippen LogP contribution < -0.4 is 14.9 Å². The minimum Gasteiger partial charge on any atom is -0.507 e. The van der Waals surface area contributed by atoms with Crippen LogP contribution in [0.5, 0.6) is 23.0 Å². The first kappa shape index (κ1) is 21.4. The fourth-order valence-electron chi connectivity index (χ4n) is 4.31. The molecular weight excluding hydrogens is 424 g/mol. The van der Waals surface area contributed by atoms with Gasteiger partial charge in [0.25, 0.3) is 0 Å². The average Bonchev–Trinajstić information content (AvgIpc) is 3.36. The Bertz CT molecular complexity index is 1380. The number of phenols is 2. The largest absolute Gasteiger partial charge is 0.507 e. The molecule has 3 heterocycles. The van der Waals surface area contributed by atoms with Crippen molar-refractivity contribution in [3.05, 3.63) is 51.9 Å². The minimum atomic E-state index is -0.581. The molecule has 1 fully saturated rings. The number of hydrogen-bond donors (Lipinski definition) is 2. The van der Waals surface area contributed by atoms with Gasteiger partial charge in [0.05, 0.1) is 29.9 Å². The van der Waals surface area contributed by atoms with E-state index >= 15 is 0 Å². The third kappa shape index (κ3) is 3.43. The summed E-state index contributed by atoms with van der Waals surface area (Å²) in [7, 11) is 1.45. The number of hydrogen-bond acceptors (Lipinski definition) is 7. The highest BCUT2D eigenvalue weighted by molar-refractivity contribution is 5.97. The van der Waals surface area contributed by atoms with Gasteiger partial charge in [0.1, 0.15) is 28.7 Å². The normalized spacial score (nSPS) is 19.7. The van der Waals surface area contributed by atoms with Crippen LogP contribution in [-0.4, -0.2) is 34.6 Å². The summed E-state index contributed by atoms with van der Waals surface area (Å²) >= 11 is 0. The summed E-state index contributed by atoms with van der Waals surface area (Å²) in [4.78, 5) is 13.6. The van der Waals surface area contributed by atoms with Crippen LogP contribution in [0.1, 0.15) is 38.8 Å². The Labute approximate surface area is 190 Å². The molecule has 2 aliphatic heterocycles. The van der Waals surface area contributed by atoms with Crippen molar-refractivity contribution in [1.82, 2.24) is 0 Å². The molecule has 0 bridgehead atoms. The highest BCUT2D eigenvalue weighted by Crippen LogP contribution is 2.48. The van der Waals surface area contributed by atoms with Gasteiger partial charge in [-0.05, 0) is 57.5 Å². The molecule has 7 nitrogen and oxygen atoms in total. The molecule has 2 N–H and O–H groups in total. The van der Waals surface area contributed by atoms with Gasteiger partial charge in [-0.1, -0.05) is 6.07 Å². The summed E-state index contributed by atoms with van der Waals surface area (Å²) in [6, 6.07) is 4.65. The number of epoxide rings is 1. The third-order valence-electron chi connectivity index (χ3n) is 6.34. The summed E-state index contributed by atoms with van der Waals surface area (Å²) in [5.41, 5.74) is 0.749. The van der Waals surface area contributed by atoms with E-state index in [-0.39, 0.29) is 39.7 Å². The molecule has 2 aliphatic rings. The van der Waals surface area contributed by atoms with Gasteiger partial charge >= 0.3 is 0 Å². The van der Waals surface area contributed by atoms with Crippen molar-refractivity contribution in [3.63, 3.8) is 0 Å². The Morgan fingerprint density at radius 2 is 1.88 bits per heavy atom. The molecule has 0 saturated carbocycles. The molecule has 1 aromatic heterocycles. The highest BCUT2D eigenvalue weighted by Gasteiger charge is 2.48. The Kier molecular flexibility index (Phi) is 4.55. The average molecular weight is 450 g/mol. The van der Waals surface area contributed by atoms with Gasteiger partial charge in [0.2, 0.25) is 5.43 Å². The quantitative estimate of drug-likeness (QED) is 0.551. The van der Waals surface area contributed by atoms with Crippen molar-refractivity contribution in [2.24, 2.45) is 0 Å². The molecule has 7 heteroatoms. The lowest BCUT2D eigenvalue weighted by molar-refractivity contribution is 0.156. The number of aromatic hydroxyl groups is 2. The Balaban J connectivity index is 1.75. The summed E-state index contributed by atoms with van der Waals surface area (Å²) in [6.07, 6.45) is 5.39. The van der Waals surface area contributed by atoms with Crippen molar-refractivity contribution in [1.29, 1.82) is 0 Å². The maximum absolute atomic E-state index is 13.6. The van der Waals surface area contributed by atoms with Crippen molar-refractivity contribution in [2.45, 2.75) is 51.4 Å². The lowest BCUT2D eigenvalue weighted by Crippen LogP contribution is -2.28. The molecule has 2 aromatic carbocycles. The van der Waals surface area contributed by atoms with Crippen LogP contribution >= 0.6 is 0 Å². The third-order valence-corrected chi connectivity index (χ3v) is 6.34. The van der Waals surface area contributed by atoms with Crippen LogP contribution in [0.3, 0.4) is 0 Å². The van der Waals surface area contributed by atoms with Gasteiger partial charge in [-0.15, -0.1) is 0 Å². The standard InChI is InChI=1S/C26H26O7/c1-25(2)9-8-14-23(33-25)15(11-19-26(3,4)32-19)21(28)20-22(29)16(12-31-24(14)20)13-6-7-18(30-5)17(27)10-13/h6-10,12,19,27-28H,11H2,1-5H3. The molecule has 0 aliphatic carbocycles. The lowest BCUT2D eigenvalue weighted by Gasteiger charge is -2.30. The van der Waals surface area contributed by atoms with Gasteiger partial charge in [-0.2, -0.15) is 0 Å². The van der Waals surface area contributed by atoms with Gasteiger partial charge in [-0.25, -0.2) is 0 Å². The number of phenolic OH excluding ortho intramolecular Hbond substituents is 2. The first-order chi connectivity index (χ1) is 15.5. The SMILES string of the molecule is COc1ccc(-c2coc3c4c(c(CC5OC5(C)C)c(O)c3c2=O)OC(C)(C)C=C4)cc1O. The Morgan fingerprint density at radius 3 is 2.52 bits per heavy atom. The van der Waals surface area contributed by atoms with Gasteiger partial charge in [-0.3, -0.25) is 4.79 Å². The number of fused-ring (bicyclic) bond motifs is 3. The van der Waals surface area contributed by atoms with Crippen LogP contribution in [0.25, 0.3) is 28.2 Å². The first-order valence-corrected chi connectivity index (χ1v) is 10.8. The predicted octanol–water partition coefficient (Wildman–Crippen LogP) is 4.78. The fourth-order valence-corrected chi connectivity index (χ4v) is 4.31. The molecule has 3 aromatic rings. The topological polar surface area (TPSA) is 102 Å². The van der Waals surface area contributed by atoms with Crippen molar-refractivity contribution in [2.75, 3.05) is 7.11 Å². The van der Waals surface area contributed by atoms with Crippen molar-refractivity contribution < 1.29 is 28.8 Å². The van der Waals surface area contributed by atoms with Crippen molar-refractivity contribution >= 4 is 17.0 Å². The summed E-state index contributed by atoms with van der Waals surface area (Å²) in [5, 5.41) is 21.6. The van der Waals surface area contributed by atoms with Gasteiger partial charge in [0.15, 0.2) is 17.1 Å². The van der Waals surface area contributed by atoms with E-state index in [1.54, 1.807) is 12.1 Å². The van der Waals surface area contributed by atoms with E-state index in [0.29, 0.717) is 34.6 Å². The zero-order chi connectivity index (χ0) is 23.7. The Morgan fingerprint density at radius 1 is 1.15 bits per heavy atom. The van der Waals surface area contributed by atoms with Crippen LogP contribution in [0.4, 0.5) is 0 Å². The predicted molar refractivity (Wildman–Crippen MR) is 124 cm³/mol. The monoisotopic (exact) mass is 450 g/mol. The van der Waals surface area contributed by atoms with Crippen LogP contribution in [0.15, 0.2) is 39.7 Å². The molecule has 1 unspecified atom stereocenters. The fraction of sp³-hybridized carbons (Fsp3) is 0.346. The second kappa shape index (κ2) is 7.02. The summed E-state index contributed by atoms with van der Waals surface area (Å²) in [5.74, 6) is 0.517. The molecule has 1 saturated heterocycles. The summed E-state index contributed by atoms with van der Waals surface area (Å²) in [6.45, 7) is 7.81. The minimum absolute atomic E-state index is 0.0722. The maximum Gasteiger partial charge on any atom is 0.204 e. The molecule has 0 radical (unpaired) electrons. The molecule has 33 heavy (non-hydrogen) atoms. The molecule has 0 amide bonds. The maximum atomic E-state index is 13.6. The molecule has 0 spiro atoms. The van der Waals surface area contributed by atoms with E-state index in [4.69, 9.17) is 18.6 Å². The van der Waals surface area contributed by atoms with Crippen LogP contribution in [-0.2, 0) is 11.2 Å². The molecule has 5 rings (SSSR count). The van der Waals surface area contributed by atoms with E-state index in [1.807, 2.05) is 39.8 Å². The second-order valence-corrected chi connectivity index (χ2v) is 9.59. The number of rotatable bonds is 4. The van der Waals surface area contributed by atoms with E-state index in [2.05, 4.69) is 0 Å². The number of ether oxygens (including phenoxy) is 3. The Hall–Kier alpha value is -3.45. The number of benzene rings is 2. The molecular formula is C26H26O7. The molecule has 172 valence electrons. The smallest absolute Gasteiger partial charge is 0.204 e.